The highest BCUT2D eigenvalue weighted by molar-refractivity contribution is 7.80. The second kappa shape index (κ2) is 8.66. The standard InChI is InChI=1S/C18H20ClN3OS/c1-12-3-4-13(2)16(11-12)17(23)21-22-18(24)20-10-9-14-5-7-15(19)8-6-14/h3-8,11H,9-10H2,1-2H3,(H,21,23)(H2,20,22,24). The topological polar surface area (TPSA) is 53.2 Å². The highest BCUT2D eigenvalue weighted by atomic mass is 35.5. The summed E-state index contributed by atoms with van der Waals surface area (Å²) in [5.74, 6) is -0.210. The molecule has 0 radical (unpaired) electrons. The molecule has 0 aliphatic carbocycles. The van der Waals surface area contributed by atoms with Gasteiger partial charge in [0.05, 0.1) is 0 Å². The Morgan fingerprint density at radius 3 is 2.50 bits per heavy atom. The molecular weight excluding hydrogens is 342 g/mol. The van der Waals surface area contributed by atoms with Crippen LogP contribution in [0.2, 0.25) is 5.02 Å². The second-order valence-electron chi connectivity index (χ2n) is 5.53. The number of hydrazine groups is 1. The molecule has 0 heterocycles. The predicted octanol–water partition coefficient (Wildman–Crippen LogP) is 3.31. The number of benzene rings is 2. The summed E-state index contributed by atoms with van der Waals surface area (Å²) < 4.78 is 0. The summed E-state index contributed by atoms with van der Waals surface area (Å²) in [6, 6.07) is 13.4. The minimum absolute atomic E-state index is 0.210. The quantitative estimate of drug-likeness (QED) is 0.577. The second-order valence-corrected chi connectivity index (χ2v) is 6.37. The molecular formula is C18H20ClN3OS. The lowest BCUT2D eigenvalue weighted by atomic mass is 10.1. The van der Waals surface area contributed by atoms with Gasteiger partial charge in [-0.15, -0.1) is 0 Å². The van der Waals surface area contributed by atoms with E-state index in [1.165, 1.54) is 0 Å². The number of amides is 1. The van der Waals surface area contributed by atoms with Crippen LogP contribution < -0.4 is 16.2 Å². The average Bonchev–Trinajstić information content (AvgIpc) is 2.56. The molecule has 3 N–H and O–H groups in total. The minimum Gasteiger partial charge on any atom is -0.361 e. The molecule has 0 spiro atoms. The van der Waals surface area contributed by atoms with E-state index in [9.17, 15) is 4.79 Å². The van der Waals surface area contributed by atoms with Crippen molar-refractivity contribution in [2.45, 2.75) is 20.3 Å². The minimum atomic E-state index is -0.210. The predicted molar refractivity (Wildman–Crippen MR) is 102 cm³/mol. The Kier molecular flexibility index (Phi) is 6.58. The first-order valence-corrected chi connectivity index (χ1v) is 8.40. The van der Waals surface area contributed by atoms with E-state index in [2.05, 4.69) is 16.2 Å². The van der Waals surface area contributed by atoms with Gasteiger partial charge in [0.25, 0.3) is 5.91 Å². The van der Waals surface area contributed by atoms with Crippen LogP contribution >= 0.6 is 23.8 Å². The van der Waals surface area contributed by atoms with Crippen molar-refractivity contribution in [1.29, 1.82) is 0 Å². The van der Waals surface area contributed by atoms with Crippen molar-refractivity contribution < 1.29 is 4.79 Å². The van der Waals surface area contributed by atoms with Crippen molar-refractivity contribution >= 4 is 34.8 Å². The molecule has 0 fully saturated rings. The van der Waals surface area contributed by atoms with Gasteiger partial charge >= 0.3 is 0 Å². The van der Waals surface area contributed by atoms with Gasteiger partial charge in [-0.1, -0.05) is 41.4 Å². The van der Waals surface area contributed by atoms with Crippen molar-refractivity contribution in [3.05, 3.63) is 69.7 Å². The van der Waals surface area contributed by atoms with Gasteiger partial charge in [-0.25, -0.2) is 0 Å². The SMILES string of the molecule is Cc1ccc(C)c(C(=O)NNC(=S)NCCc2ccc(Cl)cc2)c1. The van der Waals surface area contributed by atoms with E-state index < -0.39 is 0 Å². The molecule has 2 aromatic carbocycles. The molecule has 6 heteroatoms. The van der Waals surface area contributed by atoms with Crippen LogP contribution in [0.25, 0.3) is 0 Å². The van der Waals surface area contributed by atoms with E-state index in [0.717, 1.165) is 28.1 Å². The van der Waals surface area contributed by atoms with Gasteiger partial charge in [-0.05, 0) is 61.8 Å². The molecule has 0 saturated heterocycles. The third-order valence-electron chi connectivity index (χ3n) is 3.54. The molecule has 1 amide bonds. The molecule has 0 bridgehead atoms. The first kappa shape index (κ1) is 18.2. The summed E-state index contributed by atoms with van der Waals surface area (Å²) in [6.07, 6.45) is 0.809. The third-order valence-corrected chi connectivity index (χ3v) is 4.04. The van der Waals surface area contributed by atoms with Crippen molar-refractivity contribution in [1.82, 2.24) is 16.2 Å². The number of carbonyl (C=O) groups is 1. The molecule has 126 valence electrons. The van der Waals surface area contributed by atoms with Crippen molar-refractivity contribution in [2.24, 2.45) is 0 Å². The fourth-order valence-electron chi connectivity index (χ4n) is 2.18. The number of thiocarbonyl (C=S) groups is 1. The van der Waals surface area contributed by atoms with Gasteiger partial charge in [0.2, 0.25) is 0 Å². The third kappa shape index (κ3) is 5.51. The lowest BCUT2D eigenvalue weighted by molar-refractivity contribution is 0.0943. The molecule has 0 atom stereocenters. The maximum absolute atomic E-state index is 12.2. The van der Waals surface area contributed by atoms with Crippen LogP contribution in [0.15, 0.2) is 42.5 Å². The largest absolute Gasteiger partial charge is 0.361 e. The van der Waals surface area contributed by atoms with Gasteiger partial charge in [-0.2, -0.15) is 0 Å². The summed E-state index contributed by atoms with van der Waals surface area (Å²) in [7, 11) is 0. The van der Waals surface area contributed by atoms with Gasteiger partial charge in [0, 0.05) is 17.1 Å². The molecule has 2 rings (SSSR count). The Morgan fingerprint density at radius 2 is 1.79 bits per heavy atom. The zero-order chi connectivity index (χ0) is 17.5. The molecule has 24 heavy (non-hydrogen) atoms. The average molecular weight is 362 g/mol. The Labute approximate surface area is 152 Å². The monoisotopic (exact) mass is 361 g/mol. The van der Waals surface area contributed by atoms with E-state index in [4.69, 9.17) is 23.8 Å². The van der Waals surface area contributed by atoms with Crippen molar-refractivity contribution in [2.75, 3.05) is 6.54 Å². The Hall–Kier alpha value is -2.11. The first-order valence-electron chi connectivity index (χ1n) is 7.61. The van der Waals surface area contributed by atoms with Crippen molar-refractivity contribution in [3.8, 4) is 0 Å². The number of carbonyl (C=O) groups excluding carboxylic acids is 1. The van der Waals surface area contributed by atoms with E-state index in [0.29, 0.717) is 17.2 Å². The maximum Gasteiger partial charge on any atom is 0.269 e. The van der Waals surface area contributed by atoms with E-state index in [-0.39, 0.29) is 5.91 Å². The number of hydrogen-bond acceptors (Lipinski definition) is 2. The number of nitrogens with one attached hydrogen (secondary N) is 3. The summed E-state index contributed by atoms with van der Waals surface area (Å²) in [4.78, 5) is 12.2. The Morgan fingerprint density at radius 1 is 1.08 bits per heavy atom. The van der Waals surface area contributed by atoms with Crippen LogP contribution in [0.1, 0.15) is 27.0 Å². The van der Waals surface area contributed by atoms with Crippen LogP contribution in [0.3, 0.4) is 0 Å². The number of rotatable bonds is 4. The Bertz CT molecular complexity index is 732. The molecule has 4 nitrogen and oxygen atoms in total. The molecule has 0 aliphatic rings. The van der Waals surface area contributed by atoms with E-state index in [1.54, 1.807) is 0 Å². The normalized spacial score (nSPS) is 10.1. The van der Waals surface area contributed by atoms with Gasteiger partial charge in [0.1, 0.15) is 0 Å². The van der Waals surface area contributed by atoms with Crippen LogP contribution in [-0.2, 0) is 6.42 Å². The zero-order valence-electron chi connectivity index (χ0n) is 13.7. The number of hydrogen-bond donors (Lipinski definition) is 3. The zero-order valence-corrected chi connectivity index (χ0v) is 15.2. The molecule has 0 unspecified atom stereocenters. The van der Waals surface area contributed by atoms with Crippen LogP contribution in [0.5, 0.6) is 0 Å². The van der Waals surface area contributed by atoms with Crippen LogP contribution in [0.4, 0.5) is 0 Å². The number of halogens is 1. The van der Waals surface area contributed by atoms with Crippen LogP contribution in [0, 0.1) is 13.8 Å². The van der Waals surface area contributed by atoms with Gasteiger partial charge in [0.15, 0.2) is 5.11 Å². The summed E-state index contributed by atoms with van der Waals surface area (Å²) >= 11 is 11.0. The highest BCUT2D eigenvalue weighted by Crippen LogP contribution is 2.10. The summed E-state index contributed by atoms with van der Waals surface area (Å²) in [6.45, 7) is 4.51. The summed E-state index contributed by atoms with van der Waals surface area (Å²) in [5, 5.41) is 4.15. The Balaban J connectivity index is 1.75. The fraction of sp³-hybridized carbons (Fsp3) is 0.222. The van der Waals surface area contributed by atoms with Gasteiger partial charge < -0.3 is 5.32 Å². The molecule has 0 saturated carbocycles. The fourth-order valence-corrected chi connectivity index (χ4v) is 2.46. The van der Waals surface area contributed by atoms with Gasteiger partial charge in [-0.3, -0.25) is 15.6 Å². The first-order chi connectivity index (χ1) is 11.5. The van der Waals surface area contributed by atoms with Crippen molar-refractivity contribution in [3.63, 3.8) is 0 Å². The van der Waals surface area contributed by atoms with Crippen LogP contribution in [-0.4, -0.2) is 17.6 Å². The smallest absolute Gasteiger partial charge is 0.269 e. The van der Waals surface area contributed by atoms with E-state index >= 15 is 0 Å². The van der Waals surface area contributed by atoms with E-state index in [1.807, 2.05) is 56.3 Å². The lowest BCUT2D eigenvalue weighted by Gasteiger charge is -2.13. The molecule has 2 aromatic rings. The molecule has 0 aliphatic heterocycles. The highest BCUT2D eigenvalue weighted by Gasteiger charge is 2.09. The maximum atomic E-state index is 12.2. The molecule has 0 aromatic heterocycles. The lowest BCUT2D eigenvalue weighted by Crippen LogP contribution is -2.47. The number of aryl methyl sites for hydroxylation is 2. The summed E-state index contributed by atoms with van der Waals surface area (Å²) in [5.41, 5.74) is 9.08.